The first-order chi connectivity index (χ1) is 10.2. The van der Waals surface area contributed by atoms with Crippen molar-refractivity contribution in [2.75, 3.05) is 0 Å². The van der Waals surface area contributed by atoms with E-state index in [1.807, 2.05) is 6.20 Å². The molecule has 2 aromatic carbocycles. The second kappa shape index (κ2) is 4.42. The Hall–Kier alpha value is -2.68. The lowest BCUT2D eigenvalue weighted by molar-refractivity contribution is 1.11. The minimum atomic E-state index is 0.883. The van der Waals surface area contributed by atoms with E-state index in [2.05, 4.69) is 77.0 Å². The Labute approximate surface area is 122 Å². The lowest BCUT2D eigenvalue weighted by Crippen LogP contribution is -1.90. The molecule has 2 aromatic heterocycles. The van der Waals surface area contributed by atoms with Crippen LogP contribution in [0.5, 0.6) is 0 Å². The summed E-state index contributed by atoms with van der Waals surface area (Å²) in [4.78, 5) is 0. The van der Waals surface area contributed by atoms with Crippen LogP contribution >= 0.6 is 0 Å². The van der Waals surface area contributed by atoms with Gasteiger partial charge in [0.2, 0.25) is 0 Å². The number of benzene rings is 2. The highest BCUT2D eigenvalue weighted by Crippen LogP contribution is 2.24. The predicted molar refractivity (Wildman–Crippen MR) is 85.4 cm³/mol. The van der Waals surface area contributed by atoms with Gasteiger partial charge in [0.15, 0.2) is 11.5 Å². The van der Waals surface area contributed by atoms with Crippen molar-refractivity contribution >= 4 is 16.4 Å². The van der Waals surface area contributed by atoms with Gasteiger partial charge in [-0.1, -0.05) is 47.5 Å². The smallest absolute Gasteiger partial charge is 0.168 e. The molecule has 4 aromatic rings. The van der Waals surface area contributed by atoms with Gasteiger partial charge in [0, 0.05) is 17.1 Å². The van der Waals surface area contributed by atoms with Crippen LogP contribution in [-0.4, -0.2) is 14.6 Å². The van der Waals surface area contributed by atoms with Gasteiger partial charge in [-0.2, -0.15) is 0 Å². The Morgan fingerprint density at radius 1 is 0.810 bits per heavy atom. The summed E-state index contributed by atoms with van der Waals surface area (Å²) in [6.07, 6.45) is 2.04. The summed E-state index contributed by atoms with van der Waals surface area (Å²) in [5.41, 5.74) is 4.47. The first kappa shape index (κ1) is 12.1. The molecule has 0 fully saturated rings. The van der Waals surface area contributed by atoms with Crippen LogP contribution in [0.2, 0.25) is 0 Å². The van der Waals surface area contributed by atoms with Gasteiger partial charge in [-0.3, -0.25) is 4.40 Å². The maximum Gasteiger partial charge on any atom is 0.168 e. The van der Waals surface area contributed by atoms with Crippen molar-refractivity contribution in [2.24, 2.45) is 0 Å². The molecule has 0 saturated carbocycles. The van der Waals surface area contributed by atoms with Crippen LogP contribution in [0.15, 0.2) is 54.7 Å². The number of hydrogen-bond acceptors (Lipinski definition) is 2. The van der Waals surface area contributed by atoms with Crippen LogP contribution in [0.25, 0.3) is 27.8 Å². The van der Waals surface area contributed by atoms with E-state index in [9.17, 15) is 0 Å². The van der Waals surface area contributed by atoms with Crippen molar-refractivity contribution in [1.82, 2.24) is 14.6 Å². The summed E-state index contributed by atoms with van der Waals surface area (Å²) in [5.74, 6) is 0.883. The van der Waals surface area contributed by atoms with Crippen LogP contribution < -0.4 is 0 Å². The molecular formula is C18H15N3. The molecule has 0 bridgehead atoms. The van der Waals surface area contributed by atoms with Gasteiger partial charge >= 0.3 is 0 Å². The Morgan fingerprint density at radius 3 is 2.38 bits per heavy atom. The number of aromatic nitrogens is 3. The van der Waals surface area contributed by atoms with Crippen LogP contribution in [0.1, 0.15) is 11.1 Å². The van der Waals surface area contributed by atoms with Crippen molar-refractivity contribution in [3.05, 3.63) is 65.9 Å². The van der Waals surface area contributed by atoms with Crippen molar-refractivity contribution < 1.29 is 0 Å². The van der Waals surface area contributed by atoms with Crippen molar-refractivity contribution in [2.45, 2.75) is 13.8 Å². The summed E-state index contributed by atoms with van der Waals surface area (Å²) >= 11 is 0. The SMILES string of the molecule is Cc1ccc(-c2nnc3c4cc(C)ccc4ccn23)cc1. The summed E-state index contributed by atoms with van der Waals surface area (Å²) in [6, 6.07) is 16.9. The molecule has 0 aliphatic rings. The molecule has 0 N–H and O–H groups in total. The molecule has 4 rings (SSSR count). The molecule has 0 spiro atoms. The van der Waals surface area contributed by atoms with Gasteiger partial charge in [-0.15, -0.1) is 10.2 Å². The third kappa shape index (κ3) is 1.89. The highest BCUT2D eigenvalue weighted by Gasteiger charge is 2.10. The van der Waals surface area contributed by atoms with Crippen LogP contribution in [0.3, 0.4) is 0 Å². The van der Waals surface area contributed by atoms with Crippen LogP contribution in [0, 0.1) is 13.8 Å². The normalized spacial score (nSPS) is 11.3. The van der Waals surface area contributed by atoms with Gasteiger partial charge in [0.05, 0.1) is 0 Å². The summed E-state index contributed by atoms with van der Waals surface area (Å²) in [5, 5.41) is 11.1. The lowest BCUT2D eigenvalue weighted by atomic mass is 10.1. The molecule has 0 saturated heterocycles. The first-order valence-corrected chi connectivity index (χ1v) is 7.03. The minimum absolute atomic E-state index is 0.883. The Morgan fingerprint density at radius 2 is 1.57 bits per heavy atom. The van der Waals surface area contributed by atoms with Crippen molar-refractivity contribution in [3.63, 3.8) is 0 Å². The van der Waals surface area contributed by atoms with Gasteiger partial charge in [0.1, 0.15) is 0 Å². The van der Waals surface area contributed by atoms with Gasteiger partial charge < -0.3 is 0 Å². The topological polar surface area (TPSA) is 30.2 Å². The fourth-order valence-electron chi connectivity index (χ4n) is 2.68. The van der Waals surface area contributed by atoms with E-state index in [-0.39, 0.29) is 0 Å². The third-order valence-corrected chi connectivity index (χ3v) is 3.86. The van der Waals surface area contributed by atoms with E-state index in [0.29, 0.717) is 0 Å². The van der Waals surface area contributed by atoms with E-state index in [1.165, 1.54) is 16.5 Å². The molecule has 0 aliphatic carbocycles. The molecule has 2 heterocycles. The highest BCUT2D eigenvalue weighted by molar-refractivity contribution is 5.94. The summed E-state index contributed by atoms with van der Waals surface area (Å²) in [7, 11) is 0. The molecule has 0 radical (unpaired) electrons. The van der Waals surface area contributed by atoms with E-state index < -0.39 is 0 Å². The van der Waals surface area contributed by atoms with Gasteiger partial charge in [-0.05, 0) is 31.4 Å². The minimum Gasteiger partial charge on any atom is -0.282 e. The maximum absolute atomic E-state index is 4.40. The fraction of sp³-hybridized carbons (Fsp3) is 0.111. The summed E-state index contributed by atoms with van der Waals surface area (Å²) < 4.78 is 2.06. The van der Waals surface area contributed by atoms with Crippen molar-refractivity contribution in [1.29, 1.82) is 0 Å². The molecule has 0 unspecified atom stereocenters. The zero-order valence-corrected chi connectivity index (χ0v) is 12.0. The van der Waals surface area contributed by atoms with E-state index >= 15 is 0 Å². The Kier molecular flexibility index (Phi) is 2.54. The zero-order valence-electron chi connectivity index (χ0n) is 12.0. The maximum atomic E-state index is 4.40. The molecule has 102 valence electrons. The number of aryl methyl sites for hydroxylation is 2. The molecule has 3 heteroatoms. The number of pyridine rings is 1. The quantitative estimate of drug-likeness (QED) is 0.521. The molecule has 21 heavy (non-hydrogen) atoms. The van der Waals surface area contributed by atoms with Crippen LogP contribution in [-0.2, 0) is 0 Å². The fourth-order valence-corrected chi connectivity index (χ4v) is 2.68. The second-order valence-electron chi connectivity index (χ2n) is 5.49. The molecule has 3 nitrogen and oxygen atoms in total. The highest BCUT2D eigenvalue weighted by atomic mass is 15.2. The first-order valence-electron chi connectivity index (χ1n) is 7.03. The largest absolute Gasteiger partial charge is 0.282 e. The average Bonchev–Trinajstić information content (AvgIpc) is 2.92. The van der Waals surface area contributed by atoms with E-state index in [1.54, 1.807) is 0 Å². The van der Waals surface area contributed by atoms with E-state index in [0.717, 1.165) is 22.4 Å². The molecular weight excluding hydrogens is 258 g/mol. The number of hydrogen-bond donors (Lipinski definition) is 0. The third-order valence-electron chi connectivity index (χ3n) is 3.86. The van der Waals surface area contributed by atoms with E-state index in [4.69, 9.17) is 0 Å². The lowest BCUT2D eigenvalue weighted by Gasteiger charge is -2.04. The summed E-state index contributed by atoms with van der Waals surface area (Å²) in [6.45, 7) is 4.18. The molecule has 0 aliphatic heterocycles. The van der Waals surface area contributed by atoms with Gasteiger partial charge in [-0.25, -0.2) is 0 Å². The molecule has 0 atom stereocenters. The average molecular weight is 273 g/mol. The molecule has 0 amide bonds. The van der Waals surface area contributed by atoms with Crippen molar-refractivity contribution in [3.8, 4) is 11.4 Å². The Balaban J connectivity index is 2.02. The van der Waals surface area contributed by atoms with Gasteiger partial charge in [0.25, 0.3) is 0 Å². The zero-order chi connectivity index (χ0) is 14.4. The monoisotopic (exact) mass is 273 g/mol. The number of rotatable bonds is 1. The Bertz CT molecular complexity index is 949. The number of nitrogens with zero attached hydrogens (tertiary/aromatic N) is 3. The number of fused-ring (bicyclic) bond motifs is 3. The standard InChI is InChI=1S/C18H15N3/c1-12-3-7-15(8-4-12)17-19-20-18-16-11-13(2)5-6-14(16)9-10-21(17)18/h3-11H,1-2H3. The second-order valence-corrected chi connectivity index (χ2v) is 5.49. The van der Waals surface area contributed by atoms with Crippen LogP contribution in [0.4, 0.5) is 0 Å². The predicted octanol–water partition coefficient (Wildman–Crippen LogP) is 4.17.